The predicted octanol–water partition coefficient (Wildman–Crippen LogP) is 1.34. The van der Waals surface area contributed by atoms with Crippen molar-refractivity contribution in [3.63, 3.8) is 0 Å². The monoisotopic (exact) mass is 245 g/mol. The molecule has 6 heteroatoms. The van der Waals surface area contributed by atoms with Crippen LogP contribution in [0.15, 0.2) is 30.3 Å². The number of hydrogen-bond acceptors (Lipinski definition) is 5. The Hall–Kier alpha value is -2.21. The van der Waals surface area contributed by atoms with Gasteiger partial charge in [0.05, 0.1) is 6.61 Å². The van der Waals surface area contributed by atoms with Crippen molar-refractivity contribution in [1.82, 2.24) is 15.2 Å². The molecule has 4 N–H and O–H groups in total. The van der Waals surface area contributed by atoms with Crippen molar-refractivity contribution in [3.05, 3.63) is 35.9 Å². The van der Waals surface area contributed by atoms with Gasteiger partial charge in [0.25, 0.3) is 5.88 Å². The van der Waals surface area contributed by atoms with E-state index in [2.05, 4.69) is 16.0 Å². The molecule has 1 atom stereocenters. The van der Waals surface area contributed by atoms with Crippen molar-refractivity contribution >= 4 is 11.5 Å². The molecule has 0 spiro atoms. The molecular formula is C12H15N5O. The molecule has 18 heavy (non-hydrogen) atoms. The lowest BCUT2D eigenvalue weighted by atomic mass is 10.2. The summed E-state index contributed by atoms with van der Waals surface area (Å²) in [6, 6.07) is 10.0. The molecule has 2 aromatic rings. The first-order valence-corrected chi connectivity index (χ1v) is 5.88. The number of hydrogen-bond donors (Lipinski definition) is 3. The zero-order chi connectivity index (χ0) is 12.5. The standard InChI is InChI=1S/C12H15N5O/c1-2-18-12-9(13)11-15-14-10(17(11)16-12)8-6-4-3-5-7-8/h3-7,10,14-15H,2,13H2,1H3. The first-order valence-electron chi connectivity index (χ1n) is 5.88. The lowest BCUT2D eigenvalue weighted by Gasteiger charge is -2.11. The van der Waals surface area contributed by atoms with Crippen LogP contribution in [-0.2, 0) is 0 Å². The highest BCUT2D eigenvalue weighted by Gasteiger charge is 2.28. The van der Waals surface area contributed by atoms with Crippen LogP contribution < -0.4 is 21.3 Å². The fourth-order valence-corrected chi connectivity index (χ4v) is 2.04. The highest BCUT2D eigenvalue weighted by Crippen LogP contribution is 2.35. The Morgan fingerprint density at radius 3 is 2.89 bits per heavy atom. The summed E-state index contributed by atoms with van der Waals surface area (Å²) in [5.74, 6) is 1.22. The van der Waals surface area contributed by atoms with E-state index in [0.717, 1.165) is 11.4 Å². The maximum Gasteiger partial charge on any atom is 0.258 e. The van der Waals surface area contributed by atoms with Gasteiger partial charge < -0.3 is 15.9 Å². The minimum Gasteiger partial charge on any atom is -0.475 e. The molecule has 1 aromatic heterocycles. The number of nitrogen functional groups attached to an aromatic ring is 1. The Morgan fingerprint density at radius 2 is 2.17 bits per heavy atom. The molecule has 0 saturated carbocycles. The van der Waals surface area contributed by atoms with Gasteiger partial charge in [0, 0.05) is 0 Å². The van der Waals surface area contributed by atoms with Gasteiger partial charge >= 0.3 is 0 Å². The van der Waals surface area contributed by atoms with Gasteiger partial charge in [-0.05, 0) is 12.5 Å². The lowest BCUT2D eigenvalue weighted by molar-refractivity contribution is 0.320. The third kappa shape index (κ3) is 1.58. The van der Waals surface area contributed by atoms with E-state index in [1.54, 1.807) is 4.68 Å². The molecule has 0 bridgehead atoms. The van der Waals surface area contributed by atoms with Crippen LogP contribution in [0.25, 0.3) is 0 Å². The van der Waals surface area contributed by atoms with Gasteiger partial charge in [-0.1, -0.05) is 30.3 Å². The van der Waals surface area contributed by atoms with Crippen molar-refractivity contribution in [3.8, 4) is 5.88 Å². The van der Waals surface area contributed by atoms with E-state index in [9.17, 15) is 0 Å². The zero-order valence-corrected chi connectivity index (χ0v) is 10.1. The average molecular weight is 245 g/mol. The number of anilines is 2. The van der Waals surface area contributed by atoms with Gasteiger partial charge in [-0.2, -0.15) is 0 Å². The summed E-state index contributed by atoms with van der Waals surface area (Å²) < 4.78 is 7.19. The summed E-state index contributed by atoms with van der Waals surface area (Å²) in [5.41, 5.74) is 13.8. The molecule has 0 fully saturated rings. The number of ether oxygens (including phenoxy) is 1. The number of nitrogens with zero attached hydrogens (tertiary/aromatic N) is 2. The number of nitrogens with two attached hydrogens (primary N) is 1. The molecule has 94 valence electrons. The van der Waals surface area contributed by atoms with E-state index in [-0.39, 0.29) is 6.17 Å². The molecule has 0 radical (unpaired) electrons. The fraction of sp³-hybridized carbons (Fsp3) is 0.250. The first-order chi connectivity index (χ1) is 8.81. The zero-order valence-electron chi connectivity index (χ0n) is 10.1. The first kappa shape index (κ1) is 10.9. The molecule has 2 heterocycles. The van der Waals surface area contributed by atoms with Crippen molar-refractivity contribution in [2.45, 2.75) is 13.1 Å². The van der Waals surface area contributed by atoms with Crippen LogP contribution in [0.2, 0.25) is 0 Å². The summed E-state index contributed by atoms with van der Waals surface area (Å²) in [5, 5.41) is 4.38. The molecule has 1 unspecified atom stereocenters. The third-order valence-corrected chi connectivity index (χ3v) is 2.88. The molecule has 1 aliphatic heterocycles. The van der Waals surface area contributed by atoms with E-state index in [4.69, 9.17) is 10.5 Å². The van der Waals surface area contributed by atoms with Gasteiger partial charge in [-0.25, -0.2) is 10.1 Å². The smallest absolute Gasteiger partial charge is 0.258 e. The van der Waals surface area contributed by atoms with Crippen molar-refractivity contribution in [1.29, 1.82) is 0 Å². The van der Waals surface area contributed by atoms with Crippen molar-refractivity contribution < 1.29 is 4.74 Å². The highest BCUT2D eigenvalue weighted by molar-refractivity contribution is 5.69. The number of rotatable bonds is 3. The van der Waals surface area contributed by atoms with Crippen LogP contribution in [0.3, 0.4) is 0 Å². The SMILES string of the molecule is CCOc1nn2c(c1N)NNC2c1ccccc1. The lowest BCUT2D eigenvalue weighted by Crippen LogP contribution is -2.23. The molecule has 3 rings (SSSR count). The van der Waals surface area contributed by atoms with Crippen LogP contribution in [0.1, 0.15) is 18.7 Å². The number of benzene rings is 1. The molecule has 0 saturated heterocycles. The van der Waals surface area contributed by atoms with Crippen molar-refractivity contribution in [2.75, 3.05) is 17.8 Å². The quantitative estimate of drug-likeness (QED) is 0.760. The van der Waals surface area contributed by atoms with Crippen LogP contribution in [-0.4, -0.2) is 16.4 Å². The summed E-state index contributed by atoms with van der Waals surface area (Å²) in [4.78, 5) is 0. The summed E-state index contributed by atoms with van der Waals surface area (Å²) >= 11 is 0. The van der Waals surface area contributed by atoms with Crippen LogP contribution in [0, 0.1) is 0 Å². The molecule has 1 aromatic carbocycles. The van der Waals surface area contributed by atoms with Gasteiger partial charge in [-0.3, -0.25) is 0 Å². The maximum atomic E-state index is 5.97. The van der Waals surface area contributed by atoms with Gasteiger partial charge in [0.15, 0.2) is 5.82 Å². The number of nitrogens with one attached hydrogen (secondary N) is 2. The molecule has 1 aliphatic rings. The minimum atomic E-state index is -0.0716. The molecule has 0 aliphatic carbocycles. The third-order valence-electron chi connectivity index (χ3n) is 2.88. The normalized spacial score (nSPS) is 17.3. The van der Waals surface area contributed by atoms with E-state index < -0.39 is 0 Å². The van der Waals surface area contributed by atoms with E-state index in [0.29, 0.717) is 18.2 Å². The summed E-state index contributed by atoms with van der Waals surface area (Å²) in [6.07, 6.45) is -0.0716. The Morgan fingerprint density at radius 1 is 1.39 bits per heavy atom. The second-order valence-electron chi connectivity index (χ2n) is 4.03. The van der Waals surface area contributed by atoms with E-state index in [1.807, 2.05) is 37.3 Å². The van der Waals surface area contributed by atoms with Crippen LogP contribution in [0.4, 0.5) is 11.5 Å². The van der Waals surface area contributed by atoms with E-state index in [1.165, 1.54) is 0 Å². The highest BCUT2D eigenvalue weighted by atomic mass is 16.5. The Bertz CT molecular complexity index is 551. The largest absolute Gasteiger partial charge is 0.475 e. The topological polar surface area (TPSA) is 77.1 Å². The molecule has 0 amide bonds. The van der Waals surface area contributed by atoms with Gasteiger partial charge in [0.2, 0.25) is 0 Å². The van der Waals surface area contributed by atoms with Crippen LogP contribution >= 0.6 is 0 Å². The van der Waals surface area contributed by atoms with Gasteiger partial charge in [-0.15, -0.1) is 5.10 Å². The summed E-state index contributed by atoms with van der Waals surface area (Å²) in [6.45, 7) is 2.45. The Balaban J connectivity index is 1.99. The fourth-order valence-electron chi connectivity index (χ4n) is 2.04. The van der Waals surface area contributed by atoms with Crippen LogP contribution in [0.5, 0.6) is 5.88 Å². The number of hydrazine groups is 1. The summed E-state index contributed by atoms with van der Waals surface area (Å²) in [7, 11) is 0. The minimum absolute atomic E-state index is 0.0716. The van der Waals surface area contributed by atoms with E-state index >= 15 is 0 Å². The Labute approximate surface area is 105 Å². The predicted molar refractivity (Wildman–Crippen MR) is 69.1 cm³/mol. The molecular weight excluding hydrogens is 230 g/mol. The second-order valence-corrected chi connectivity index (χ2v) is 4.03. The number of aromatic nitrogens is 2. The van der Waals surface area contributed by atoms with Gasteiger partial charge in [0.1, 0.15) is 11.9 Å². The Kier molecular flexibility index (Phi) is 2.56. The van der Waals surface area contributed by atoms with Crippen molar-refractivity contribution in [2.24, 2.45) is 0 Å². The second kappa shape index (κ2) is 4.23. The number of fused-ring (bicyclic) bond motifs is 1. The average Bonchev–Trinajstić information content (AvgIpc) is 2.93. The molecule has 6 nitrogen and oxygen atoms in total. The maximum absolute atomic E-state index is 5.97.